The van der Waals surface area contributed by atoms with Crippen molar-refractivity contribution < 1.29 is 0 Å². The molecule has 0 aliphatic carbocycles. The molecular weight excluding hydrogens is 188 g/mol. The van der Waals surface area contributed by atoms with E-state index in [1.54, 1.807) is 23.0 Å². The molecule has 0 unspecified atom stereocenters. The molecule has 0 fully saturated rings. The molecule has 0 bridgehead atoms. The van der Waals surface area contributed by atoms with E-state index in [-0.39, 0.29) is 5.56 Å². The van der Waals surface area contributed by atoms with E-state index in [2.05, 4.69) is 4.98 Å². The van der Waals surface area contributed by atoms with Crippen LogP contribution >= 0.6 is 0 Å². The van der Waals surface area contributed by atoms with Crippen LogP contribution in [0, 0.1) is 6.92 Å². The Bertz CT molecular complexity index is 503. The van der Waals surface area contributed by atoms with E-state index in [0.29, 0.717) is 6.54 Å². The molecule has 76 valence electrons. The van der Waals surface area contributed by atoms with Crippen molar-refractivity contribution in [3.63, 3.8) is 0 Å². The molecular formula is C12H12N2O. The highest BCUT2D eigenvalue weighted by Crippen LogP contribution is 2.00. The van der Waals surface area contributed by atoms with Gasteiger partial charge < -0.3 is 4.57 Å². The van der Waals surface area contributed by atoms with Crippen LogP contribution in [-0.2, 0) is 6.54 Å². The molecule has 15 heavy (non-hydrogen) atoms. The maximum Gasteiger partial charge on any atom is 0.250 e. The third-order valence-corrected chi connectivity index (χ3v) is 2.23. The average molecular weight is 200 g/mol. The molecule has 0 aromatic carbocycles. The first-order valence-electron chi connectivity index (χ1n) is 4.82. The van der Waals surface area contributed by atoms with Crippen LogP contribution < -0.4 is 5.56 Å². The summed E-state index contributed by atoms with van der Waals surface area (Å²) in [6, 6.07) is 7.24. The molecule has 0 atom stereocenters. The summed E-state index contributed by atoms with van der Waals surface area (Å²) in [6.45, 7) is 2.57. The Morgan fingerprint density at radius 1 is 1.20 bits per heavy atom. The smallest absolute Gasteiger partial charge is 0.250 e. The van der Waals surface area contributed by atoms with Crippen LogP contribution in [0.5, 0.6) is 0 Å². The topological polar surface area (TPSA) is 34.9 Å². The molecule has 0 N–H and O–H groups in total. The fourth-order valence-corrected chi connectivity index (χ4v) is 1.46. The lowest BCUT2D eigenvalue weighted by molar-refractivity contribution is 0.753. The Balaban J connectivity index is 2.32. The largest absolute Gasteiger partial charge is 0.311 e. The lowest BCUT2D eigenvalue weighted by Crippen LogP contribution is -2.19. The molecule has 2 heterocycles. The van der Waals surface area contributed by atoms with Gasteiger partial charge in [-0.3, -0.25) is 9.78 Å². The van der Waals surface area contributed by atoms with Gasteiger partial charge in [0.1, 0.15) is 0 Å². The summed E-state index contributed by atoms with van der Waals surface area (Å²) in [5.41, 5.74) is 2.19. The summed E-state index contributed by atoms with van der Waals surface area (Å²) < 4.78 is 1.70. The van der Waals surface area contributed by atoms with E-state index >= 15 is 0 Å². The van der Waals surface area contributed by atoms with E-state index < -0.39 is 0 Å². The minimum Gasteiger partial charge on any atom is -0.311 e. The lowest BCUT2D eigenvalue weighted by atomic mass is 10.2. The number of aryl methyl sites for hydroxylation is 1. The number of hydrogen-bond acceptors (Lipinski definition) is 2. The van der Waals surface area contributed by atoms with Gasteiger partial charge in [-0.2, -0.15) is 0 Å². The molecule has 0 aliphatic heterocycles. The third kappa shape index (κ3) is 2.31. The van der Waals surface area contributed by atoms with Gasteiger partial charge in [0, 0.05) is 24.7 Å². The molecule has 2 aromatic heterocycles. The van der Waals surface area contributed by atoms with Gasteiger partial charge >= 0.3 is 0 Å². The van der Waals surface area contributed by atoms with Crippen LogP contribution in [-0.4, -0.2) is 9.55 Å². The fourth-order valence-electron chi connectivity index (χ4n) is 1.46. The van der Waals surface area contributed by atoms with Crippen molar-refractivity contribution in [2.24, 2.45) is 0 Å². The van der Waals surface area contributed by atoms with Crippen molar-refractivity contribution >= 4 is 0 Å². The Hall–Kier alpha value is -1.90. The Kier molecular flexibility index (Phi) is 2.63. The van der Waals surface area contributed by atoms with Crippen LogP contribution in [0.1, 0.15) is 11.1 Å². The van der Waals surface area contributed by atoms with Gasteiger partial charge in [-0.15, -0.1) is 0 Å². The van der Waals surface area contributed by atoms with Crippen molar-refractivity contribution in [3.8, 4) is 0 Å². The Morgan fingerprint density at radius 3 is 2.67 bits per heavy atom. The second kappa shape index (κ2) is 4.09. The first kappa shape index (κ1) is 9.65. The number of hydrogen-bond donors (Lipinski definition) is 0. The van der Waals surface area contributed by atoms with Gasteiger partial charge in [0.15, 0.2) is 0 Å². The Morgan fingerprint density at radius 2 is 1.93 bits per heavy atom. The Labute approximate surface area is 88.0 Å². The highest BCUT2D eigenvalue weighted by molar-refractivity contribution is 5.13. The standard InChI is InChI=1S/C12H12N2O/c1-10-2-3-12(15)14(8-10)9-11-4-6-13-7-5-11/h2-8H,9H2,1H3. The van der Waals surface area contributed by atoms with Gasteiger partial charge in [-0.05, 0) is 30.2 Å². The van der Waals surface area contributed by atoms with E-state index in [9.17, 15) is 4.79 Å². The van der Waals surface area contributed by atoms with E-state index in [1.165, 1.54) is 0 Å². The normalized spacial score (nSPS) is 10.2. The third-order valence-electron chi connectivity index (χ3n) is 2.23. The molecule has 0 aliphatic rings. The number of rotatable bonds is 2. The molecule has 3 heteroatoms. The molecule has 3 nitrogen and oxygen atoms in total. The summed E-state index contributed by atoms with van der Waals surface area (Å²) in [4.78, 5) is 15.5. The molecule has 0 spiro atoms. The zero-order valence-corrected chi connectivity index (χ0v) is 8.55. The fraction of sp³-hybridized carbons (Fsp3) is 0.167. The SMILES string of the molecule is Cc1ccc(=O)n(Cc2ccncc2)c1. The monoisotopic (exact) mass is 200 g/mol. The summed E-state index contributed by atoms with van der Waals surface area (Å²) in [5.74, 6) is 0. The lowest BCUT2D eigenvalue weighted by Gasteiger charge is -2.05. The van der Waals surface area contributed by atoms with Crippen LogP contribution in [0.2, 0.25) is 0 Å². The van der Waals surface area contributed by atoms with Gasteiger partial charge in [0.25, 0.3) is 5.56 Å². The second-order valence-electron chi connectivity index (χ2n) is 3.53. The highest BCUT2D eigenvalue weighted by atomic mass is 16.1. The predicted molar refractivity (Wildman–Crippen MR) is 58.8 cm³/mol. The van der Waals surface area contributed by atoms with Crippen molar-refractivity contribution in [1.29, 1.82) is 0 Å². The molecule has 0 amide bonds. The molecule has 0 radical (unpaired) electrons. The van der Waals surface area contributed by atoms with Crippen molar-refractivity contribution in [2.75, 3.05) is 0 Å². The average Bonchev–Trinajstić information content (AvgIpc) is 2.25. The predicted octanol–water partition coefficient (Wildman–Crippen LogP) is 1.60. The number of pyridine rings is 2. The molecule has 0 saturated carbocycles. The van der Waals surface area contributed by atoms with Crippen LogP contribution in [0.25, 0.3) is 0 Å². The molecule has 2 rings (SSSR count). The summed E-state index contributed by atoms with van der Waals surface area (Å²) in [6.07, 6.45) is 5.33. The summed E-state index contributed by atoms with van der Waals surface area (Å²) >= 11 is 0. The van der Waals surface area contributed by atoms with Gasteiger partial charge in [-0.25, -0.2) is 0 Å². The minimum absolute atomic E-state index is 0.0254. The van der Waals surface area contributed by atoms with E-state index in [1.807, 2.05) is 31.3 Å². The zero-order valence-electron chi connectivity index (χ0n) is 8.55. The first-order chi connectivity index (χ1) is 7.25. The quantitative estimate of drug-likeness (QED) is 0.738. The number of aromatic nitrogens is 2. The van der Waals surface area contributed by atoms with Crippen molar-refractivity contribution in [2.45, 2.75) is 13.5 Å². The maximum absolute atomic E-state index is 11.5. The van der Waals surface area contributed by atoms with Crippen LogP contribution in [0.4, 0.5) is 0 Å². The molecule has 2 aromatic rings. The van der Waals surface area contributed by atoms with Crippen molar-refractivity contribution in [3.05, 3.63) is 64.3 Å². The van der Waals surface area contributed by atoms with E-state index in [0.717, 1.165) is 11.1 Å². The van der Waals surface area contributed by atoms with Crippen LogP contribution in [0.3, 0.4) is 0 Å². The van der Waals surface area contributed by atoms with Crippen LogP contribution in [0.15, 0.2) is 47.7 Å². The van der Waals surface area contributed by atoms with E-state index in [4.69, 9.17) is 0 Å². The van der Waals surface area contributed by atoms with Gasteiger partial charge in [-0.1, -0.05) is 6.07 Å². The maximum atomic E-state index is 11.5. The minimum atomic E-state index is 0.0254. The number of nitrogens with zero attached hydrogens (tertiary/aromatic N) is 2. The summed E-state index contributed by atoms with van der Waals surface area (Å²) in [5, 5.41) is 0. The van der Waals surface area contributed by atoms with Crippen molar-refractivity contribution in [1.82, 2.24) is 9.55 Å². The molecule has 0 saturated heterocycles. The summed E-state index contributed by atoms with van der Waals surface area (Å²) in [7, 11) is 0. The first-order valence-corrected chi connectivity index (χ1v) is 4.82. The highest BCUT2D eigenvalue weighted by Gasteiger charge is 1.97. The zero-order chi connectivity index (χ0) is 10.7. The second-order valence-corrected chi connectivity index (χ2v) is 3.53. The van der Waals surface area contributed by atoms with Gasteiger partial charge in [0.2, 0.25) is 0 Å². The van der Waals surface area contributed by atoms with Gasteiger partial charge in [0.05, 0.1) is 6.54 Å².